The molecule has 0 radical (unpaired) electrons. The number of ketones is 1. The predicted molar refractivity (Wildman–Crippen MR) is 113 cm³/mol. The van der Waals surface area contributed by atoms with Crippen molar-refractivity contribution in [3.63, 3.8) is 0 Å². The molecule has 30 heavy (non-hydrogen) atoms. The molecule has 4 rings (SSSR count). The van der Waals surface area contributed by atoms with Crippen LogP contribution in [0.15, 0.2) is 60.7 Å². The van der Waals surface area contributed by atoms with Crippen LogP contribution >= 0.6 is 0 Å². The SMILES string of the molecule is C[C@H](NC(=O)COC(=O)[C@@H]1[C@H]2CC[C@@H](C2)[C@@H]1C(=O)c1ccccc1)c1ccccc1. The maximum Gasteiger partial charge on any atom is 0.310 e. The molecule has 2 saturated carbocycles. The van der Waals surface area contributed by atoms with Crippen molar-refractivity contribution in [2.24, 2.45) is 23.7 Å². The van der Waals surface area contributed by atoms with E-state index in [0.29, 0.717) is 5.56 Å². The lowest BCUT2D eigenvalue weighted by atomic mass is 9.75. The van der Waals surface area contributed by atoms with E-state index >= 15 is 0 Å². The van der Waals surface area contributed by atoms with Crippen LogP contribution in [0.2, 0.25) is 0 Å². The van der Waals surface area contributed by atoms with E-state index in [1.165, 1.54) is 0 Å². The second kappa shape index (κ2) is 8.82. The average Bonchev–Trinajstić information content (AvgIpc) is 3.40. The van der Waals surface area contributed by atoms with E-state index in [2.05, 4.69) is 5.32 Å². The Labute approximate surface area is 176 Å². The Morgan fingerprint density at radius 2 is 1.53 bits per heavy atom. The van der Waals surface area contributed by atoms with Crippen molar-refractivity contribution >= 4 is 17.7 Å². The first-order chi connectivity index (χ1) is 14.5. The van der Waals surface area contributed by atoms with Gasteiger partial charge in [0, 0.05) is 11.5 Å². The van der Waals surface area contributed by atoms with Crippen LogP contribution in [0.5, 0.6) is 0 Å². The van der Waals surface area contributed by atoms with Gasteiger partial charge in [-0.1, -0.05) is 60.7 Å². The molecule has 2 aromatic carbocycles. The molecule has 2 aliphatic rings. The van der Waals surface area contributed by atoms with Gasteiger partial charge in [-0.2, -0.15) is 0 Å². The van der Waals surface area contributed by atoms with Crippen molar-refractivity contribution in [2.45, 2.75) is 32.2 Å². The van der Waals surface area contributed by atoms with Crippen molar-refractivity contribution in [3.05, 3.63) is 71.8 Å². The van der Waals surface area contributed by atoms with Gasteiger partial charge >= 0.3 is 5.97 Å². The van der Waals surface area contributed by atoms with E-state index in [-0.39, 0.29) is 42.1 Å². The molecule has 156 valence electrons. The van der Waals surface area contributed by atoms with E-state index in [0.717, 1.165) is 24.8 Å². The lowest BCUT2D eigenvalue weighted by Crippen LogP contribution is -2.38. The van der Waals surface area contributed by atoms with Gasteiger partial charge in [0.15, 0.2) is 12.4 Å². The Hall–Kier alpha value is -2.95. The third-order valence-electron chi connectivity index (χ3n) is 6.57. The number of ether oxygens (including phenoxy) is 1. The maximum absolute atomic E-state index is 13.1. The van der Waals surface area contributed by atoms with Crippen molar-refractivity contribution in [1.29, 1.82) is 0 Å². The summed E-state index contributed by atoms with van der Waals surface area (Å²) < 4.78 is 5.39. The van der Waals surface area contributed by atoms with Gasteiger partial charge in [-0.3, -0.25) is 14.4 Å². The first-order valence-corrected chi connectivity index (χ1v) is 10.6. The number of carbonyl (C=O) groups excluding carboxylic acids is 3. The van der Waals surface area contributed by atoms with Crippen LogP contribution in [0.1, 0.15) is 48.1 Å². The lowest BCUT2D eigenvalue weighted by Gasteiger charge is -2.28. The number of fused-ring (bicyclic) bond motifs is 2. The molecule has 1 N–H and O–H groups in total. The van der Waals surface area contributed by atoms with E-state index in [9.17, 15) is 14.4 Å². The molecule has 0 unspecified atom stereocenters. The fraction of sp³-hybridized carbons (Fsp3) is 0.400. The van der Waals surface area contributed by atoms with Gasteiger partial charge in [-0.25, -0.2) is 0 Å². The smallest absolute Gasteiger partial charge is 0.310 e. The molecule has 1 amide bonds. The number of amides is 1. The molecule has 0 heterocycles. The van der Waals surface area contributed by atoms with Gasteiger partial charge in [0.25, 0.3) is 5.91 Å². The quantitative estimate of drug-likeness (QED) is 0.559. The predicted octanol–water partition coefficient (Wildman–Crippen LogP) is 3.95. The summed E-state index contributed by atoms with van der Waals surface area (Å²) in [5.41, 5.74) is 1.63. The van der Waals surface area contributed by atoms with Crippen LogP contribution in [0, 0.1) is 23.7 Å². The number of esters is 1. The second-order valence-electron chi connectivity index (χ2n) is 8.42. The number of hydrogen-bond acceptors (Lipinski definition) is 4. The van der Waals surface area contributed by atoms with Crippen molar-refractivity contribution in [2.75, 3.05) is 6.61 Å². The van der Waals surface area contributed by atoms with Crippen molar-refractivity contribution < 1.29 is 19.1 Å². The fourth-order valence-electron chi connectivity index (χ4n) is 5.14. The highest BCUT2D eigenvalue weighted by Crippen LogP contribution is 2.53. The largest absolute Gasteiger partial charge is 0.455 e. The Morgan fingerprint density at radius 1 is 0.933 bits per heavy atom. The van der Waals surface area contributed by atoms with Gasteiger partial charge in [0.1, 0.15) is 0 Å². The number of hydrogen-bond donors (Lipinski definition) is 1. The van der Waals surface area contributed by atoms with Gasteiger partial charge in [0.2, 0.25) is 0 Å². The third-order valence-corrected chi connectivity index (χ3v) is 6.57. The van der Waals surface area contributed by atoms with E-state index < -0.39 is 11.9 Å². The molecule has 2 bridgehead atoms. The molecule has 2 aromatic rings. The Morgan fingerprint density at radius 3 is 2.20 bits per heavy atom. The molecule has 0 saturated heterocycles. The van der Waals surface area contributed by atoms with Crippen molar-refractivity contribution in [3.8, 4) is 0 Å². The topological polar surface area (TPSA) is 72.5 Å². The summed E-state index contributed by atoms with van der Waals surface area (Å²) in [4.78, 5) is 38.3. The number of carbonyl (C=O) groups is 3. The number of benzene rings is 2. The molecular weight excluding hydrogens is 378 g/mol. The van der Waals surface area contributed by atoms with Crippen LogP contribution in [-0.4, -0.2) is 24.3 Å². The highest BCUT2D eigenvalue weighted by atomic mass is 16.5. The minimum atomic E-state index is -0.448. The van der Waals surface area contributed by atoms with Crippen LogP contribution in [0.4, 0.5) is 0 Å². The number of nitrogens with one attached hydrogen (secondary N) is 1. The van der Waals surface area contributed by atoms with Gasteiger partial charge in [0.05, 0.1) is 12.0 Å². The van der Waals surface area contributed by atoms with Crippen LogP contribution in [0.3, 0.4) is 0 Å². The second-order valence-corrected chi connectivity index (χ2v) is 8.42. The zero-order valence-corrected chi connectivity index (χ0v) is 17.1. The molecule has 2 fully saturated rings. The lowest BCUT2D eigenvalue weighted by molar-refractivity contribution is -0.155. The Bertz CT molecular complexity index is 911. The zero-order valence-electron chi connectivity index (χ0n) is 17.1. The Kier molecular flexibility index (Phi) is 5.98. The summed E-state index contributed by atoms with van der Waals surface area (Å²) in [5.74, 6) is -1.13. The van der Waals surface area contributed by atoms with Gasteiger partial charge in [-0.05, 0) is 43.6 Å². The molecule has 5 atom stereocenters. The molecule has 0 aliphatic heterocycles. The molecular formula is C25H27NO4. The highest BCUT2D eigenvalue weighted by molar-refractivity contribution is 6.01. The van der Waals surface area contributed by atoms with Gasteiger partial charge in [-0.15, -0.1) is 0 Å². The highest BCUT2D eigenvalue weighted by Gasteiger charge is 2.54. The monoisotopic (exact) mass is 405 g/mol. The summed E-state index contributed by atoms with van der Waals surface area (Å²) in [7, 11) is 0. The molecule has 2 aliphatic carbocycles. The molecule has 0 spiro atoms. The molecule has 0 aromatic heterocycles. The fourth-order valence-corrected chi connectivity index (χ4v) is 5.14. The standard InChI is InChI=1S/C25H27NO4/c1-16(17-8-4-2-5-9-17)26-21(27)15-30-25(29)23-20-13-12-19(14-20)22(23)24(28)18-10-6-3-7-11-18/h2-11,16,19-20,22-23H,12-15H2,1H3,(H,26,27)/t16-,19-,20-,22-,23+/m0/s1. The zero-order chi connectivity index (χ0) is 21.1. The third kappa shape index (κ3) is 4.16. The van der Waals surface area contributed by atoms with E-state index in [1.54, 1.807) is 12.1 Å². The number of Topliss-reactive ketones (excluding diaryl/α,β-unsaturated/α-hetero) is 1. The minimum Gasteiger partial charge on any atom is -0.455 e. The summed E-state index contributed by atoms with van der Waals surface area (Å²) in [5, 5.41) is 2.85. The van der Waals surface area contributed by atoms with Crippen LogP contribution < -0.4 is 5.32 Å². The summed E-state index contributed by atoms with van der Waals surface area (Å²) >= 11 is 0. The molecule has 5 nitrogen and oxygen atoms in total. The minimum absolute atomic E-state index is 0.0203. The molecule has 5 heteroatoms. The van der Waals surface area contributed by atoms with Crippen LogP contribution in [0.25, 0.3) is 0 Å². The normalized spacial score (nSPS) is 25.5. The van der Waals surface area contributed by atoms with E-state index in [4.69, 9.17) is 4.74 Å². The van der Waals surface area contributed by atoms with Gasteiger partial charge < -0.3 is 10.1 Å². The van der Waals surface area contributed by atoms with Crippen LogP contribution in [-0.2, 0) is 14.3 Å². The first-order valence-electron chi connectivity index (χ1n) is 10.6. The number of rotatable bonds is 7. The summed E-state index contributed by atoms with van der Waals surface area (Å²) in [6.45, 7) is 1.57. The van der Waals surface area contributed by atoms with Crippen molar-refractivity contribution in [1.82, 2.24) is 5.32 Å². The average molecular weight is 405 g/mol. The van der Waals surface area contributed by atoms with E-state index in [1.807, 2.05) is 55.5 Å². The summed E-state index contributed by atoms with van der Waals surface area (Å²) in [6.07, 6.45) is 2.81. The maximum atomic E-state index is 13.1. The summed E-state index contributed by atoms with van der Waals surface area (Å²) in [6, 6.07) is 18.6. The Balaban J connectivity index is 1.37. The first kappa shape index (κ1) is 20.3.